The second-order valence-electron chi connectivity index (χ2n) is 5.09. The van der Waals surface area contributed by atoms with Crippen molar-refractivity contribution in [1.29, 1.82) is 0 Å². The Bertz CT molecular complexity index is 358. The van der Waals surface area contributed by atoms with Crippen molar-refractivity contribution in [2.45, 2.75) is 51.2 Å². The molecule has 3 nitrogen and oxygen atoms in total. The van der Waals surface area contributed by atoms with Gasteiger partial charge in [0, 0.05) is 11.4 Å². The average Bonchev–Trinajstić information content (AvgIpc) is 2.43. The van der Waals surface area contributed by atoms with Crippen molar-refractivity contribution >= 4 is 11.4 Å². The highest BCUT2D eigenvalue weighted by atomic mass is 16.3. The van der Waals surface area contributed by atoms with Crippen LogP contribution in [0.1, 0.15) is 37.7 Å². The van der Waals surface area contributed by atoms with Crippen molar-refractivity contribution < 1.29 is 5.11 Å². The molecule has 0 radical (unpaired) electrons. The van der Waals surface area contributed by atoms with E-state index in [9.17, 15) is 5.11 Å². The van der Waals surface area contributed by atoms with Crippen molar-refractivity contribution in [3.05, 3.63) is 23.8 Å². The zero-order chi connectivity index (χ0) is 12.3. The Kier molecular flexibility index (Phi) is 3.89. The van der Waals surface area contributed by atoms with Gasteiger partial charge in [-0.15, -0.1) is 0 Å². The average molecular weight is 234 g/mol. The molecule has 1 aliphatic rings. The third kappa shape index (κ3) is 3.37. The predicted octanol–water partition coefficient (Wildman–Crippen LogP) is 2.68. The van der Waals surface area contributed by atoms with Crippen LogP contribution in [0.5, 0.6) is 0 Å². The molecule has 2 unspecified atom stereocenters. The molecule has 4 N–H and O–H groups in total. The van der Waals surface area contributed by atoms with Crippen molar-refractivity contribution in [2.75, 3.05) is 11.1 Å². The standard InChI is InChI=1S/C14H22N2O/c1-10-7-11(15)9-12(8-10)16-13-5-3-2-4-6-14(13)17/h7-9,13-14,16-17H,2-6,15H2,1H3. The smallest absolute Gasteiger partial charge is 0.0741 e. The molecule has 1 aromatic carbocycles. The van der Waals surface area contributed by atoms with Crippen molar-refractivity contribution in [3.63, 3.8) is 0 Å². The van der Waals surface area contributed by atoms with Crippen LogP contribution in [0.3, 0.4) is 0 Å². The summed E-state index contributed by atoms with van der Waals surface area (Å²) >= 11 is 0. The number of hydrogen-bond donors (Lipinski definition) is 3. The zero-order valence-electron chi connectivity index (χ0n) is 10.4. The Morgan fingerprint density at radius 3 is 2.71 bits per heavy atom. The molecular formula is C14H22N2O. The fraction of sp³-hybridized carbons (Fsp3) is 0.571. The fourth-order valence-corrected chi connectivity index (χ4v) is 2.57. The van der Waals surface area contributed by atoms with Crippen molar-refractivity contribution in [1.82, 2.24) is 0 Å². The number of aliphatic hydroxyl groups is 1. The molecule has 0 saturated heterocycles. The second kappa shape index (κ2) is 5.41. The van der Waals surface area contributed by atoms with Crippen LogP contribution in [0.2, 0.25) is 0 Å². The number of nitrogens with one attached hydrogen (secondary N) is 1. The molecule has 2 rings (SSSR count). The SMILES string of the molecule is Cc1cc(N)cc(NC2CCCCCC2O)c1. The number of hydrogen-bond acceptors (Lipinski definition) is 3. The fourth-order valence-electron chi connectivity index (χ4n) is 2.57. The van der Waals surface area contributed by atoms with Gasteiger partial charge >= 0.3 is 0 Å². The minimum absolute atomic E-state index is 0.165. The van der Waals surface area contributed by atoms with Crippen LogP contribution in [0, 0.1) is 6.92 Å². The zero-order valence-corrected chi connectivity index (χ0v) is 10.4. The number of anilines is 2. The third-order valence-electron chi connectivity index (χ3n) is 3.43. The van der Waals surface area contributed by atoms with E-state index in [1.165, 1.54) is 12.8 Å². The van der Waals surface area contributed by atoms with E-state index in [2.05, 4.69) is 11.4 Å². The monoisotopic (exact) mass is 234 g/mol. The van der Waals surface area contributed by atoms with Gasteiger partial charge in [0.25, 0.3) is 0 Å². The molecule has 1 fully saturated rings. The summed E-state index contributed by atoms with van der Waals surface area (Å²) in [6.07, 6.45) is 5.25. The highest BCUT2D eigenvalue weighted by Crippen LogP contribution is 2.23. The van der Waals surface area contributed by atoms with Crippen molar-refractivity contribution in [3.8, 4) is 0 Å². The Hall–Kier alpha value is -1.22. The number of nitrogens with two attached hydrogens (primary N) is 1. The summed E-state index contributed by atoms with van der Waals surface area (Å²) in [4.78, 5) is 0. The summed E-state index contributed by atoms with van der Waals surface area (Å²) < 4.78 is 0. The quantitative estimate of drug-likeness (QED) is 0.544. The van der Waals surface area contributed by atoms with Crippen LogP contribution >= 0.6 is 0 Å². The lowest BCUT2D eigenvalue weighted by Crippen LogP contribution is -2.32. The van der Waals surface area contributed by atoms with E-state index in [0.717, 1.165) is 36.2 Å². The molecule has 0 spiro atoms. The first-order chi connectivity index (χ1) is 8.15. The summed E-state index contributed by atoms with van der Waals surface area (Å²) in [7, 11) is 0. The highest BCUT2D eigenvalue weighted by molar-refractivity contribution is 5.57. The minimum Gasteiger partial charge on any atom is -0.399 e. The molecule has 0 aliphatic heterocycles. The number of aliphatic hydroxyl groups excluding tert-OH is 1. The third-order valence-corrected chi connectivity index (χ3v) is 3.43. The predicted molar refractivity (Wildman–Crippen MR) is 72.1 cm³/mol. The topological polar surface area (TPSA) is 58.3 Å². The van der Waals surface area contributed by atoms with E-state index < -0.39 is 0 Å². The molecule has 1 aromatic rings. The Balaban J connectivity index is 2.07. The number of benzene rings is 1. The first-order valence-electron chi connectivity index (χ1n) is 6.47. The maximum atomic E-state index is 10.1. The normalized spacial score (nSPS) is 25.3. The van der Waals surface area contributed by atoms with Gasteiger partial charge in [0.1, 0.15) is 0 Å². The minimum atomic E-state index is -0.237. The first kappa shape index (κ1) is 12.2. The van der Waals surface area contributed by atoms with Gasteiger partial charge < -0.3 is 16.2 Å². The highest BCUT2D eigenvalue weighted by Gasteiger charge is 2.21. The van der Waals surface area contributed by atoms with E-state index in [-0.39, 0.29) is 12.1 Å². The van der Waals surface area contributed by atoms with Crippen LogP contribution in [-0.4, -0.2) is 17.3 Å². The lowest BCUT2D eigenvalue weighted by atomic mass is 10.1. The second-order valence-corrected chi connectivity index (χ2v) is 5.09. The van der Waals surface area contributed by atoms with Gasteiger partial charge in [-0.1, -0.05) is 19.3 Å². The molecule has 3 heteroatoms. The lowest BCUT2D eigenvalue weighted by Gasteiger charge is -2.23. The molecule has 2 atom stereocenters. The number of aryl methyl sites for hydroxylation is 1. The largest absolute Gasteiger partial charge is 0.399 e. The Morgan fingerprint density at radius 1 is 1.18 bits per heavy atom. The van der Waals surface area contributed by atoms with E-state index in [1.807, 2.05) is 19.1 Å². The maximum Gasteiger partial charge on any atom is 0.0741 e. The van der Waals surface area contributed by atoms with Crippen LogP contribution in [0.25, 0.3) is 0 Å². The van der Waals surface area contributed by atoms with E-state index in [1.54, 1.807) is 0 Å². The van der Waals surface area contributed by atoms with E-state index in [4.69, 9.17) is 5.73 Å². The van der Waals surface area contributed by atoms with Gasteiger partial charge in [0.2, 0.25) is 0 Å². The lowest BCUT2D eigenvalue weighted by molar-refractivity contribution is 0.144. The van der Waals surface area contributed by atoms with Gasteiger partial charge in [-0.3, -0.25) is 0 Å². The van der Waals surface area contributed by atoms with Gasteiger partial charge in [-0.25, -0.2) is 0 Å². The van der Waals surface area contributed by atoms with Crippen LogP contribution < -0.4 is 11.1 Å². The van der Waals surface area contributed by atoms with Crippen LogP contribution in [-0.2, 0) is 0 Å². The van der Waals surface area contributed by atoms with Gasteiger partial charge in [-0.05, 0) is 43.5 Å². The summed E-state index contributed by atoms with van der Waals surface area (Å²) in [6, 6.07) is 6.13. The molecule has 1 aliphatic carbocycles. The van der Waals surface area contributed by atoms with Gasteiger partial charge in [0.15, 0.2) is 0 Å². The molecule has 0 aromatic heterocycles. The van der Waals surface area contributed by atoms with Gasteiger partial charge in [0.05, 0.1) is 12.1 Å². The molecule has 0 bridgehead atoms. The van der Waals surface area contributed by atoms with Crippen molar-refractivity contribution in [2.24, 2.45) is 0 Å². The molecule has 0 heterocycles. The molecule has 17 heavy (non-hydrogen) atoms. The van der Waals surface area contributed by atoms with Gasteiger partial charge in [-0.2, -0.15) is 0 Å². The van der Waals surface area contributed by atoms with Crippen LogP contribution in [0.15, 0.2) is 18.2 Å². The van der Waals surface area contributed by atoms with E-state index in [0.29, 0.717) is 0 Å². The summed E-state index contributed by atoms with van der Waals surface area (Å²) in [5, 5.41) is 13.5. The Morgan fingerprint density at radius 2 is 1.94 bits per heavy atom. The maximum absolute atomic E-state index is 10.1. The van der Waals surface area contributed by atoms with Crippen LogP contribution in [0.4, 0.5) is 11.4 Å². The molecule has 1 saturated carbocycles. The Labute approximate surface area is 103 Å². The summed E-state index contributed by atoms with van der Waals surface area (Å²) in [6.45, 7) is 2.03. The molecule has 94 valence electrons. The summed E-state index contributed by atoms with van der Waals surface area (Å²) in [5.41, 5.74) is 8.77. The summed E-state index contributed by atoms with van der Waals surface area (Å²) in [5.74, 6) is 0. The number of nitrogen functional groups attached to an aromatic ring is 1. The number of rotatable bonds is 2. The first-order valence-corrected chi connectivity index (χ1v) is 6.47. The molecular weight excluding hydrogens is 212 g/mol. The van der Waals surface area contributed by atoms with E-state index >= 15 is 0 Å². The molecule has 0 amide bonds.